The van der Waals surface area contributed by atoms with Crippen LogP contribution in [0.4, 0.5) is 0 Å². The van der Waals surface area contributed by atoms with E-state index in [1.807, 2.05) is 0 Å². The van der Waals surface area contributed by atoms with Crippen molar-refractivity contribution in [3.8, 4) is 0 Å². The van der Waals surface area contributed by atoms with E-state index in [2.05, 4.69) is 14.0 Å². The second-order valence-electron chi connectivity index (χ2n) is 5.38. The molecule has 0 saturated carbocycles. The van der Waals surface area contributed by atoms with Crippen LogP contribution in [0.5, 0.6) is 0 Å². The molecule has 0 aromatic carbocycles. The fourth-order valence-electron chi connectivity index (χ4n) is 3.21. The van der Waals surface area contributed by atoms with Gasteiger partial charge < -0.3 is 5.11 Å². The second-order valence-corrected chi connectivity index (χ2v) is 7.56. The Bertz CT molecular complexity index is 238. The smallest absolute Gasteiger partial charge is 0.122 e. The molecular weight excluding hydrogens is 233 g/mol. The Morgan fingerprint density at radius 2 is 1.29 bits per heavy atom. The Hall–Kier alpha value is 0.270. The molecular formula is C12H24N3OP. The summed E-state index contributed by atoms with van der Waals surface area (Å²) in [6, 6.07) is 0. The minimum absolute atomic E-state index is 0.178. The number of rotatable bonds is 3. The maximum atomic E-state index is 10.2. The van der Waals surface area contributed by atoms with Crippen molar-refractivity contribution in [2.24, 2.45) is 0 Å². The van der Waals surface area contributed by atoms with Gasteiger partial charge >= 0.3 is 0 Å². The number of hydrogen-bond acceptors (Lipinski definition) is 4. The molecule has 98 valence electrons. The monoisotopic (exact) mass is 257 g/mol. The van der Waals surface area contributed by atoms with Gasteiger partial charge in [0, 0.05) is 32.7 Å². The van der Waals surface area contributed by atoms with Crippen molar-refractivity contribution in [1.82, 2.24) is 14.0 Å². The lowest BCUT2D eigenvalue weighted by molar-refractivity contribution is 0.0895. The van der Waals surface area contributed by atoms with Gasteiger partial charge in [-0.1, -0.05) is 0 Å². The number of nitrogens with zero attached hydrogens (tertiary/aromatic N) is 3. The SMILES string of the molecule is OC1CCCN1P(N1CCCC1)N1CCCC1. The lowest BCUT2D eigenvalue weighted by Crippen LogP contribution is -2.37. The highest BCUT2D eigenvalue weighted by Gasteiger charge is 2.39. The molecule has 3 saturated heterocycles. The normalized spacial score (nSPS) is 33.2. The van der Waals surface area contributed by atoms with Crippen molar-refractivity contribution in [2.75, 3.05) is 32.7 Å². The predicted octanol–water partition coefficient (Wildman–Crippen LogP) is 1.82. The van der Waals surface area contributed by atoms with Crippen LogP contribution in [0.25, 0.3) is 0 Å². The summed E-state index contributed by atoms with van der Waals surface area (Å²) in [6.07, 6.45) is 7.34. The maximum absolute atomic E-state index is 10.2. The van der Waals surface area contributed by atoms with Crippen LogP contribution in [-0.4, -0.2) is 58.1 Å². The zero-order valence-electron chi connectivity index (χ0n) is 10.6. The first-order valence-electron chi connectivity index (χ1n) is 7.11. The molecule has 0 radical (unpaired) electrons. The van der Waals surface area contributed by atoms with Crippen molar-refractivity contribution in [2.45, 2.75) is 44.8 Å². The third-order valence-corrected chi connectivity index (χ3v) is 6.83. The summed E-state index contributed by atoms with van der Waals surface area (Å²) in [4.78, 5) is 0. The molecule has 0 aromatic heterocycles. The van der Waals surface area contributed by atoms with Crippen molar-refractivity contribution >= 4 is 8.37 Å². The van der Waals surface area contributed by atoms with Gasteiger partial charge in [0.15, 0.2) is 0 Å². The first-order valence-corrected chi connectivity index (χ1v) is 8.31. The lowest BCUT2D eigenvalue weighted by Gasteiger charge is -2.41. The molecule has 0 aliphatic carbocycles. The van der Waals surface area contributed by atoms with Crippen LogP contribution in [0, 0.1) is 0 Å². The van der Waals surface area contributed by atoms with Crippen LogP contribution >= 0.6 is 8.37 Å². The third-order valence-electron chi connectivity index (χ3n) is 4.09. The van der Waals surface area contributed by atoms with E-state index >= 15 is 0 Å². The highest BCUT2D eigenvalue weighted by molar-refractivity contribution is 7.50. The molecule has 1 N–H and O–H groups in total. The van der Waals surface area contributed by atoms with Gasteiger partial charge in [-0.3, -0.25) is 9.34 Å². The fourth-order valence-corrected chi connectivity index (χ4v) is 6.17. The van der Waals surface area contributed by atoms with Crippen molar-refractivity contribution in [1.29, 1.82) is 0 Å². The minimum atomic E-state index is -0.353. The van der Waals surface area contributed by atoms with Crippen LogP contribution in [0.1, 0.15) is 38.5 Å². The number of hydrogen-bond donors (Lipinski definition) is 1. The van der Waals surface area contributed by atoms with Crippen molar-refractivity contribution in [3.05, 3.63) is 0 Å². The van der Waals surface area contributed by atoms with E-state index < -0.39 is 0 Å². The molecule has 0 bridgehead atoms. The maximum Gasteiger partial charge on any atom is 0.122 e. The van der Waals surface area contributed by atoms with Crippen LogP contribution in [0.3, 0.4) is 0 Å². The number of aliphatic hydroxyl groups is 1. The van der Waals surface area contributed by atoms with Gasteiger partial charge in [0.2, 0.25) is 0 Å². The highest BCUT2D eigenvalue weighted by atomic mass is 31.2. The predicted molar refractivity (Wildman–Crippen MR) is 70.5 cm³/mol. The first-order chi connectivity index (χ1) is 8.36. The van der Waals surface area contributed by atoms with E-state index in [9.17, 15) is 5.11 Å². The summed E-state index contributed by atoms with van der Waals surface area (Å²) in [5, 5.41) is 10.2. The zero-order chi connectivity index (χ0) is 11.7. The fraction of sp³-hybridized carbons (Fsp3) is 1.00. The molecule has 0 aromatic rings. The first kappa shape index (κ1) is 12.3. The van der Waals surface area contributed by atoms with E-state index in [-0.39, 0.29) is 14.6 Å². The van der Waals surface area contributed by atoms with E-state index in [1.165, 1.54) is 58.3 Å². The molecule has 3 heterocycles. The summed E-state index contributed by atoms with van der Waals surface area (Å²) in [5.74, 6) is 0. The molecule has 1 atom stereocenters. The van der Waals surface area contributed by atoms with E-state index in [0.717, 1.165) is 13.0 Å². The topological polar surface area (TPSA) is 30.0 Å². The van der Waals surface area contributed by atoms with Crippen molar-refractivity contribution in [3.63, 3.8) is 0 Å². The molecule has 3 fully saturated rings. The van der Waals surface area contributed by atoms with Gasteiger partial charge in [-0.15, -0.1) is 0 Å². The average Bonchev–Trinajstić information content (AvgIpc) is 3.04. The average molecular weight is 257 g/mol. The zero-order valence-corrected chi connectivity index (χ0v) is 11.5. The third kappa shape index (κ3) is 2.52. The van der Waals surface area contributed by atoms with E-state index in [0.29, 0.717) is 0 Å². The molecule has 3 rings (SSSR count). The summed E-state index contributed by atoms with van der Waals surface area (Å²) in [6.45, 7) is 6.06. The van der Waals surface area contributed by atoms with Gasteiger partial charge in [0.25, 0.3) is 0 Å². The highest BCUT2D eigenvalue weighted by Crippen LogP contribution is 2.53. The summed E-state index contributed by atoms with van der Waals surface area (Å²) >= 11 is 0. The molecule has 17 heavy (non-hydrogen) atoms. The molecule has 3 aliphatic heterocycles. The summed E-state index contributed by atoms with van der Waals surface area (Å²) in [5.41, 5.74) is 0. The van der Waals surface area contributed by atoms with Gasteiger partial charge in [0.05, 0.1) is 0 Å². The molecule has 1 unspecified atom stereocenters. The molecule has 4 nitrogen and oxygen atoms in total. The Morgan fingerprint density at radius 3 is 1.71 bits per heavy atom. The number of aliphatic hydroxyl groups excluding tert-OH is 1. The van der Waals surface area contributed by atoms with Crippen LogP contribution < -0.4 is 0 Å². The largest absolute Gasteiger partial charge is 0.378 e. The van der Waals surface area contributed by atoms with Gasteiger partial charge in [-0.25, -0.2) is 4.67 Å². The Morgan fingerprint density at radius 1 is 0.765 bits per heavy atom. The van der Waals surface area contributed by atoms with Crippen molar-refractivity contribution < 1.29 is 5.11 Å². The van der Waals surface area contributed by atoms with Crippen LogP contribution in [0.2, 0.25) is 0 Å². The van der Waals surface area contributed by atoms with E-state index in [4.69, 9.17) is 0 Å². The molecule has 0 spiro atoms. The van der Waals surface area contributed by atoms with Gasteiger partial charge in [0.1, 0.15) is 14.6 Å². The molecule has 3 aliphatic rings. The molecule has 0 amide bonds. The van der Waals surface area contributed by atoms with Crippen LogP contribution in [0.15, 0.2) is 0 Å². The van der Waals surface area contributed by atoms with Gasteiger partial charge in [-0.05, 0) is 38.5 Å². The summed E-state index contributed by atoms with van der Waals surface area (Å²) in [7, 11) is -0.353. The summed E-state index contributed by atoms with van der Waals surface area (Å²) < 4.78 is 7.69. The minimum Gasteiger partial charge on any atom is -0.378 e. The van der Waals surface area contributed by atoms with E-state index in [1.54, 1.807) is 0 Å². The molecule has 5 heteroatoms. The Balaban J connectivity index is 1.74. The standard InChI is InChI=1S/C12H24N3OP/c16-12-6-5-11-15(12)17(13-7-1-2-8-13)14-9-3-4-10-14/h12,16H,1-11H2. The quantitative estimate of drug-likeness (QED) is 0.781. The lowest BCUT2D eigenvalue weighted by atomic mass is 10.4. The Kier molecular flexibility index (Phi) is 3.98. The van der Waals surface area contributed by atoms with Crippen LogP contribution in [-0.2, 0) is 0 Å². The van der Waals surface area contributed by atoms with Gasteiger partial charge in [-0.2, -0.15) is 0 Å². The Labute approximate surface area is 105 Å². The second kappa shape index (κ2) is 5.50.